The lowest BCUT2D eigenvalue weighted by molar-refractivity contribution is 0.442. The van der Waals surface area contributed by atoms with Crippen LogP contribution in [-0.2, 0) is 4.74 Å². The zero-order chi connectivity index (χ0) is 9.26. The number of ether oxygens (including phenoxy) is 1. The minimum absolute atomic E-state index is 0.543. The van der Waals surface area contributed by atoms with Crippen LogP contribution in [0.4, 0.5) is 0 Å². The smallest absolute Gasteiger partial charge is 0.223 e. The van der Waals surface area contributed by atoms with Crippen LogP contribution in [0.25, 0.3) is 0 Å². The van der Waals surface area contributed by atoms with E-state index in [1.54, 1.807) is 12.4 Å². The van der Waals surface area contributed by atoms with E-state index in [9.17, 15) is 0 Å². The van der Waals surface area contributed by atoms with E-state index >= 15 is 0 Å². The van der Waals surface area contributed by atoms with Crippen molar-refractivity contribution >= 4 is 21.8 Å². The maximum absolute atomic E-state index is 5.30. The van der Waals surface area contributed by atoms with Crippen molar-refractivity contribution in [3.05, 3.63) is 40.8 Å². The Kier molecular flexibility index (Phi) is 2.14. The average Bonchev–Trinajstić information content (AvgIpc) is 2.52. The van der Waals surface area contributed by atoms with E-state index in [1.807, 2.05) is 6.07 Å². The fourth-order valence-corrected chi connectivity index (χ4v) is 1.41. The number of halogens is 1. The molecule has 13 heavy (non-hydrogen) atoms. The van der Waals surface area contributed by atoms with Crippen molar-refractivity contribution in [2.45, 2.75) is 0 Å². The van der Waals surface area contributed by atoms with Crippen LogP contribution in [0.2, 0.25) is 0 Å². The van der Waals surface area contributed by atoms with Crippen molar-refractivity contribution in [2.24, 2.45) is 4.99 Å². The zero-order valence-corrected chi connectivity index (χ0v) is 8.41. The van der Waals surface area contributed by atoms with Crippen molar-refractivity contribution in [3.63, 3.8) is 0 Å². The third kappa shape index (κ3) is 1.78. The van der Waals surface area contributed by atoms with Crippen LogP contribution < -0.4 is 0 Å². The monoisotopic (exact) mass is 238 g/mol. The highest BCUT2D eigenvalue weighted by Crippen LogP contribution is 2.15. The van der Waals surface area contributed by atoms with Gasteiger partial charge in [-0.25, -0.2) is 4.99 Å². The first-order valence-electron chi connectivity index (χ1n) is 3.77. The fraction of sp³-hybridized carbons (Fsp3) is 0.111. The Balaban J connectivity index is 2.31. The molecule has 1 aromatic rings. The predicted octanol–water partition coefficient (Wildman–Crippen LogP) is 2.13. The van der Waals surface area contributed by atoms with Gasteiger partial charge in [-0.05, 0) is 22.0 Å². The molecule has 0 amide bonds. The maximum atomic E-state index is 5.30. The summed E-state index contributed by atoms with van der Waals surface area (Å²) >= 11 is 3.33. The van der Waals surface area contributed by atoms with Crippen LogP contribution in [0.3, 0.4) is 0 Å². The lowest BCUT2D eigenvalue weighted by atomic mass is 10.3. The number of pyridine rings is 1. The lowest BCUT2D eigenvalue weighted by Gasteiger charge is -2.00. The number of hydrogen-bond donors (Lipinski definition) is 0. The molecule has 4 heteroatoms. The molecule has 0 fully saturated rings. The first kappa shape index (κ1) is 8.44. The van der Waals surface area contributed by atoms with Crippen LogP contribution >= 0.6 is 15.9 Å². The van der Waals surface area contributed by atoms with Crippen molar-refractivity contribution in [1.82, 2.24) is 4.98 Å². The van der Waals surface area contributed by atoms with Crippen LogP contribution in [0, 0.1) is 0 Å². The molecule has 0 unspecified atom stereocenters. The molecule has 1 aromatic heterocycles. The van der Waals surface area contributed by atoms with Crippen molar-refractivity contribution in [1.29, 1.82) is 0 Å². The Morgan fingerprint density at radius 3 is 2.92 bits per heavy atom. The van der Waals surface area contributed by atoms with E-state index in [0.717, 1.165) is 10.0 Å². The van der Waals surface area contributed by atoms with Crippen LogP contribution in [0.1, 0.15) is 5.56 Å². The normalized spacial score (nSPS) is 15.5. The SMILES string of the molecule is C=C1CN=C(c2cncc(Br)c2)O1. The molecule has 1 aliphatic rings. The van der Waals surface area contributed by atoms with E-state index in [2.05, 4.69) is 32.5 Å². The van der Waals surface area contributed by atoms with E-state index < -0.39 is 0 Å². The lowest BCUT2D eigenvalue weighted by Crippen LogP contribution is -2.00. The molecule has 0 aromatic carbocycles. The summed E-state index contributed by atoms with van der Waals surface area (Å²) in [5, 5.41) is 0. The summed E-state index contributed by atoms with van der Waals surface area (Å²) in [6.45, 7) is 4.23. The number of hydrogen-bond acceptors (Lipinski definition) is 3. The van der Waals surface area contributed by atoms with Crippen molar-refractivity contribution in [3.8, 4) is 0 Å². The molecule has 2 heterocycles. The second kappa shape index (κ2) is 3.30. The molecule has 3 nitrogen and oxygen atoms in total. The van der Waals surface area contributed by atoms with Gasteiger partial charge in [0.15, 0.2) is 0 Å². The average molecular weight is 239 g/mol. The molecule has 0 spiro atoms. The van der Waals surface area contributed by atoms with Crippen molar-refractivity contribution < 1.29 is 4.74 Å². The summed E-state index contributed by atoms with van der Waals surface area (Å²) in [6, 6.07) is 1.91. The Morgan fingerprint density at radius 1 is 1.46 bits per heavy atom. The predicted molar refractivity (Wildman–Crippen MR) is 53.6 cm³/mol. The highest BCUT2D eigenvalue weighted by atomic mass is 79.9. The molecule has 1 aliphatic heterocycles. The summed E-state index contributed by atoms with van der Waals surface area (Å²) in [7, 11) is 0. The Hall–Kier alpha value is -1.16. The number of aliphatic imine (C=N–C) groups is 1. The standard InChI is InChI=1S/C9H7BrN2O/c1-6-3-12-9(13-6)7-2-8(10)5-11-4-7/h2,4-5H,1,3H2. The zero-order valence-electron chi connectivity index (χ0n) is 6.83. The van der Waals surface area contributed by atoms with Crippen molar-refractivity contribution in [2.75, 3.05) is 6.54 Å². The van der Waals surface area contributed by atoms with E-state index in [0.29, 0.717) is 18.2 Å². The molecular formula is C9H7BrN2O. The summed E-state index contributed by atoms with van der Waals surface area (Å²) < 4.78 is 6.21. The van der Waals surface area contributed by atoms with Gasteiger partial charge in [-0.1, -0.05) is 6.58 Å². The Bertz CT molecular complexity index is 387. The summed E-state index contributed by atoms with van der Waals surface area (Å²) in [5.74, 6) is 1.27. The van der Waals surface area contributed by atoms with Gasteiger partial charge in [-0.2, -0.15) is 0 Å². The molecule has 0 N–H and O–H groups in total. The molecule has 0 bridgehead atoms. The molecule has 0 saturated carbocycles. The molecule has 0 saturated heterocycles. The first-order valence-corrected chi connectivity index (χ1v) is 4.56. The Morgan fingerprint density at radius 2 is 2.31 bits per heavy atom. The van der Waals surface area contributed by atoms with Crippen LogP contribution in [0.5, 0.6) is 0 Å². The van der Waals surface area contributed by atoms with Gasteiger partial charge in [-0.15, -0.1) is 0 Å². The summed E-state index contributed by atoms with van der Waals surface area (Å²) in [5.41, 5.74) is 0.869. The second-order valence-electron chi connectivity index (χ2n) is 2.65. The topological polar surface area (TPSA) is 34.5 Å². The Labute approximate surface area is 84.3 Å². The van der Waals surface area contributed by atoms with Gasteiger partial charge in [0.1, 0.15) is 12.3 Å². The van der Waals surface area contributed by atoms with E-state index in [-0.39, 0.29) is 0 Å². The minimum atomic E-state index is 0.543. The van der Waals surface area contributed by atoms with E-state index in [4.69, 9.17) is 4.74 Å². The summed E-state index contributed by atoms with van der Waals surface area (Å²) in [6.07, 6.45) is 3.43. The quantitative estimate of drug-likeness (QED) is 0.752. The molecule has 0 atom stereocenters. The van der Waals surface area contributed by atoms with Gasteiger partial charge in [0, 0.05) is 16.9 Å². The summed E-state index contributed by atoms with van der Waals surface area (Å²) in [4.78, 5) is 8.18. The second-order valence-corrected chi connectivity index (χ2v) is 3.57. The first-order chi connectivity index (χ1) is 6.25. The van der Waals surface area contributed by atoms with Gasteiger partial charge in [0.05, 0.1) is 5.56 Å². The molecule has 66 valence electrons. The number of aromatic nitrogens is 1. The van der Waals surface area contributed by atoms with Gasteiger partial charge in [0.2, 0.25) is 5.90 Å². The van der Waals surface area contributed by atoms with Crippen LogP contribution in [-0.4, -0.2) is 17.4 Å². The van der Waals surface area contributed by atoms with Gasteiger partial charge < -0.3 is 4.74 Å². The fourth-order valence-electron chi connectivity index (χ4n) is 1.04. The number of rotatable bonds is 1. The third-order valence-electron chi connectivity index (χ3n) is 1.59. The van der Waals surface area contributed by atoms with Gasteiger partial charge in [-0.3, -0.25) is 4.98 Å². The molecule has 0 aliphatic carbocycles. The largest absolute Gasteiger partial charge is 0.442 e. The van der Waals surface area contributed by atoms with Gasteiger partial charge in [0.25, 0.3) is 0 Å². The highest BCUT2D eigenvalue weighted by Gasteiger charge is 2.13. The third-order valence-corrected chi connectivity index (χ3v) is 2.03. The maximum Gasteiger partial charge on any atom is 0.223 e. The highest BCUT2D eigenvalue weighted by molar-refractivity contribution is 9.10. The molecular weight excluding hydrogens is 232 g/mol. The number of nitrogens with zero attached hydrogens (tertiary/aromatic N) is 2. The minimum Gasteiger partial charge on any atom is -0.442 e. The van der Waals surface area contributed by atoms with E-state index in [1.165, 1.54) is 0 Å². The van der Waals surface area contributed by atoms with Crippen LogP contribution in [0.15, 0.2) is 40.3 Å². The van der Waals surface area contributed by atoms with Gasteiger partial charge >= 0.3 is 0 Å². The molecule has 2 rings (SSSR count). The molecule has 0 radical (unpaired) electrons.